The summed E-state index contributed by atoms with van der Waals surface area (Å²) in [5.41, 5.74) is 14.0. The lowest BCUT2D eigenvalue weighted by Gasteiger charge is -2.00. The molecule has 110 valence electrons. The molecule has 2 aromatic carbocycles. The van der Waals surface area contributed by atoms with Crippen LogP contribution in [0, 0.1) is 5.82 Å². The summed E-state index contributed by atoms with van der Waals surface area (Å²) in [7, 11) is 0. The highest BCUT2D eigenvalue weighted by Crippen LogP contribution is 2.29. The van der Waals surface area contributed by atoms with Crippen LogP contribution in [0.4, 0.5) is 4.39 Å². The number of benzene rings is 2. The summed E-state index contributed by atoms with van der Waals surface area (Å²) in [5, 5.41) is 8.49. The van der Waals surface area contributed by atoms with Crippen molar-refractivity contribution in [2.75, 3.05) is 0 Å². The molecule has 0 bridgehead atoms. The molecule has 5 N–H and O–H groups in total. The molecule has 3 rings (SSSR count). The van der Waals surface area contributed by atoms with Crippen LogP contribution in [0.15, 0.2) is 58.7 Å². The van der Waals surface area contributed by atoms with E-state index in [0.29, 0.717) is 0 Å². The van der Waals surface area contributed by atoms with E-state index in [-0.39, 0.29) is 11.8 Å². The summed E-state index contributed by atoms with van der Waals surface area (Å²) < 4.78 is 13.1. The van der Waals surface area contributed by atoms with Gasteiger partial charge < -0.3 is 16.5 Å². The first-order valence-electron chi connectivity index (χ1n) is 6.64. The van der Waals surface area contributed by atoms with Crippen molar-refractivity contribution in [3.05, 3.63) is 59.9 Å². The van der Waals surface area contributed by atoms with E-state index < -0.39 is 0 Å². The van der Waals surface area contributed by atoms with Crippen molar-refractivity contribution >= 4 is 23.1 Å². The predicted octanol–water partition coefficient (Wildman–Crippen LogP) is 2.58. The van der Waals surface area contributed by atoms with E-state index in [1.54, 1.807) is 18.3 Å². The van der Waals surface area contributed by atoms with Crippen LogP contribution < -0.4 is 11.5 Å². The first-order chi connectivity index (χ1) is 10.6. The van der Waals surface area contributed by atoms with Crippen LogP contribution in [-0.4, -0.2) is 17.2 Å². The maximum absolute atomic E-state index is 13.1. The molecule has 3 aromatic rings. The standard InChI is InChI=1S/C16H14FN5/c17-11-7-5-10(6-8-11)15-13(9-20-22-16(18)19)12-3-1-2-4-14(12)21-15/h1-9,21H,(H4,18,19,22)/b20-9+. The molecule has 0 amide bonds. The van der Waals surface area contributed by atoms with E-state index in [9.17, 15) is 4.39 Å². The fourth-order valence-corrected chi connectivity index (χ4v) is 2.30. The van der Waals surface area contributed by atoms with Crippen molar-refractivity contribution < 1.29 is 4.39 Å². The number of aromatic amines is 1. The van der Waals surface area contributed by atoms with Crippen LogP contribution in [0.5, 0.6) is 0 Å². The molecule has 1 aromatic heterocycles. The van der Waals surface area contributed by atoms with Gasteiger partial charge in [0, 0.05) is 16.5 Å². The summed E-state index contributed by atoms with van der Waals surface area (Å²) in [6, 6.07) is 14.0. The van der Waals surface area contributed by atoms with Gasteiger partial charge in [0.1, 0.15) is 5.82 Å². The first-order valence-corrected chi connectivity index (χ1v) is 6.64. The van der Waals surface area contributed by atoms with Crippen LogP contribution in [0.2, 0.25) is 0 Å². The Hall–Kier alpha value is -3.15. The number of rotatable bonds is 3. The van der Waals surface area contributed by atoms with Gasteiger partial charge in [-0.15, -0.1) is 5.10 Å². The summed E-state index contributed by atoms with van der Waals surface area (Å²) in [5.74, 6) is -0.394. The molecule has 6 heteroatoms. The molecule has 1 heterocycles. The van der Waals surface area contributed by atoms with Gasteiger partial charge in [0.25, 0.3) is 0 Å². The Labute approximate surface area is 126 Å². The molecule has 0 aliphatic carbocycles. The Morgan fingerprint density at radius 2 is 1.77 bits per heavy atom. The van der Waals surface area contributed by atoms with Gasteiger partial charge in [-0.2, -0.15) is 5.10 Å². The molecule has 0 unspecified atom stereocenters. The number of hydrogen-bond donors (Lipinski definition) is 3. The monoisotopic (exact) mass is 295 g/mol. The third-order valence-corrected chi connectivity index (χ3v) is 3.24. The normalized spacial score (nSPS) is 11.1. The lowest BCUT2D eigenvalue weighted by atomic mass is 10.1. The fraction of sp³-hybridized carbons (Fsp3) is 0. The van der Waals surface area contributed by atoms with Crippen LogP contribution in [0.1, 0.15) is 5.56 Å². The fourth-order valence-electron chi connectivity index (χ4n) is 2.30. The highest BCUT2D eigenvalue weighted by Gasteiger charge is 2.11. The number of nitrogens with zero attached hydrogens (tertiary/aromatic N) is 2. The Bertz CT molecular complexity index is 858. The first kappa shape index (κ1) is 13.8. The number of para-hydroxylation sites is 1. The van der Waals surface area contributed by atoms with Crippen LogP contribution in [-0.2, 0) is 0 Å². The summed E-state index contributed by atoms with van der Waals surface area (Å²) in [4.78, 5) is 3.31. The van der Waals surface area contributed by atoms with Gasteiger partial charge in [-0.1, -0.05) is 18.2 Å². The zero-order valence-electron chi connectivity index (χ0n) is 11.6. The number of halogens is 1. The Kier molecular flexibility index (Phi) is 3.57. The third kappa shape index (κ3) is 2.67. The van der Waals surface area contributed by atoms with E-state index >= 15 is 0 Å². The third-order valence-electron chi connectivity index (χ3n) is 3.24. The molecule has 0 aliphatic heterocycles. The average Bonchev–Trinajstić information content (AvgIpc) is 2.87. The van der Waals surface area contributed by atoms with Crippen LogP contribution in [0.25, 0.3) is 22.2 Å². The minimum atomic E-state index is -0.282. The second-order valence-corrected chi connectivity index (χ2v) is 4.74. The van der Waals surface area contributed by atoms with Crippen molar-refractivity contribution in [2.45, 2.75) is 0 Å². The smallest absolute Gasteiger partial charge is 0.211 e. The molecule has 0 saturated carbocycles. The molecule has 0 fully saturated rings. The van der Waals surface area contributed by atoms with E-state index in [1.807, 2.05) is 24.3 Å². The molecule has 0 aliphatic rings. The lowest BCUT2D eigenvalue weighted by molar-refractivity contribution is 0.628. The minimum Gasteiger partial charge on any atom is -0.369 e. The number of H-pyrrole nitrogens is 1. The lowest BCUT2D eigenvalue weighted by Crippen LogP contribution is -2.21. The van der Waals surface area contributed by atoms with Gasteiger partial charge >= 0.3 is 0 Å². The highest BCUT2D eigenvalue weighted by molar-refractivity contribution is 6.05. The number of hydrogen-bond acceptors (Lipinski definition) is 2. The van der Waals surface area contributed by atoms with Gasteiger partial charge in [-0.05, 0) is 35.9 Å². The van der Waals surface area contributed by atoms with Crippen molar-refractivity contribution in [1.82, 2.24) is 4.98 Å². The summed E-state index contributed by atoms with van der Waals surface area (Å²) >= 11 is 0. The Morgan fingerprint density at radius 1 is 1.05 bits per heavy atom. The van der Waals surface area contributed by atoms with Crippen LogP contribution >= 0.6 is 0 Å². The highest BCUT2D eigenvalue weighted by atomic mass is 19.1. The van der Waals surface area contributed by atoms with Crippen LogP contribution in [0.3, 0.4) is 0 Å². The maximum atomic E-state index is 13.1. The molecular weight excluding hydrogens is 281 g/mol. The number of guanidine groups is 1. The molecule has 0 atom stereocenters. The Morgan fingerprint density at radius 3 is 2.50 bits per heavy atom. The van der Waals surface area contributed by atoms with Gasteiger partial charge in [0.05, 0.1) is 11.9 Å². The molecule has 5 nitrogen and oxygen atoms in total. The van der Waals surface area contributed by atoms with Gasteiger partial charge in [-0.3, -0.25) is 0 Å². The topological polar surface area (TPSA) is 92.6 Å². The molecule has 0 saturated heterocycles. The maximum Gasteiger partial charge on any atom is 0.211 e. The second kappa shape index (κ2) is 5.69. The van der Waals surface area contributed by atoms with Crippen molar-refractivity contribution in [3.63, 3.8) is 0 Å². The number of aromatic nitrogens is 1. The van der Waals surface area contributed by atoms with E-state index in [4.69, 9.17) is 11.5 Å². The van der Waals surface area contributed by atoms with Crippen molar-refractivity contribution in [2.24, 2.45) is 21.7 Å². The molecular formula is C16H14FN5. The molecule has 0 radical (unpaired) electrons. The zero-order chi connectivity index (χ0) is 15.5. The van der Waals surface area contributed by atoms with Gasteiger partial charge in [-0.25, -0.2) is 4.39 Å². The van der Waals surface area contributed by atoms with E-state index in [2.05, 4.69) is 15.2 Å². The van der Waals surface area contributed by atoms with E-state index in [0.717, 1.165) is 27.7 Å². The predicted molar refractivity (Wildman–Crippen MR) is 87.1 cm³/mol. The minimum absolute atomic E-state index is 0.112. The number of fused-ring (bicyclic) bond motifs is 1. The number of nitrogens with one attached hydrogen (secondary N) is 1. The zero-order valence-corrected chi connectivity index (χ0v) is 11.6. The van der Waals surface area contributed by atoms with Crippen molar-refractivity contribution in [1.29, 1.82) is 0 Å². The molecule has 22 heavy (non-hydrogen) atoms. The Balaban J connectivity index is 2.18. The number of nitrogens with two attached hydrogens (primary N) is 2. The average molecular weight is 295 g/mol. The second-order valence-electron chi connectivity index (χ2n) is 4.74. The largest absolute Gasteiger partial charge is 0.369 e. The SMILES string of the molecule is NC(N)=N/N=C/c1c(-c2ccc(F)cc2)[nH]c2ccccc12. The van der Waals surface area contributed by atoms with Gasteiger partial charge in [0.15, 0.2) is 0 Å². The summed E-state index contributed by atoms with van der Waals surface area (Å²) in [6.07, 6.45) is 1.58. The summed E-state index contributed by atoms with van der Waals surface area (Å²) in [6.45, 7) is 0. The van der Waals surface area contributed by atoms with Gasteiger partial charge in [0.2, 0.25) is 5.96 Å². The molecule has 0 spiro atoms. The van der Waals surface area contributed by atoms with E-state index in [1.165, 1.54) is 12.1 Å². The van der Waals surface area contributed by atoms with Crippen molar-refractivity contribution in [3.8, 4) is 11.3 Å². The quantitative estimate of drug-likeness (QED) is 0.393.